The maximum absolute atomic E-state index is 6.20. The van der Waals surface area contributed by atoms with Crippen molar-refractivity contribution < 1.29 is 9.47 Å². The Morgan fingerprint density at radius 2 is 1.73 bits per heavy atom. The van der Waals surface area contributed by atoms with E-state index >= 15 is 0 Å². The molecule has 1 saturated heterocycles. The zero-order valence-corrected chi connectivity index (χ0v) is 20.0. The molecule has 2 heterocycles. The van der Waals surface area contributed by atoms with Crippen LogP contribution in [0.25, 0.3) is 0 Å². The Morgan fingerprint density at radius 1 is 1.00 bits per heavy atom. The van der Waals surface area contributed by atoms with Crippen LogP contribution in [0.15, 0.2) is 42.5 Å². The normalized spacial score (nSPS) is 20.1. The summed E-state index contributed by atoms with van der Waals surface area (Å²) < 4.78 is 11.5. The molecule has 4 rings (SSSR count). The lowest BCUT2D eigenvalue weighted by Gasteiger charge is -2.37. The van der Waals surface area contributed by atoms with E-state index in [0.29, 0.717) is 0 Å². The van der Waals surface area contributed by atoms with Crippen molar-refractivity contribution in [2.75, 3.05) is 51.3 Å². The minimum atomic E-state index is -1.26. The van der Waals surface area contributed by atoms with Gasteiger partial charge in [-0.15, -0.1) is 0 Å². The van der Waals surface area contributed by atoms with Crippen LogP contribution in [-0.2, 0) is 11.2 Å². The lowest BCUT2D eigenvalue weighted by atomic mass is 9.95. The summed E-state index contributed by atoms with van der Waals surface area (Å²) in [6, 6.07) is 15.6. The quantitative estimate of drug-likeness (QED) is 0.653. The van der Waals surface area contributed by atoms with E-state index in [4.69, 9.17) is 9.47 Å². The van der Waals surface area contributed by atoms with Crippen molar-refractivity contribution in [1.29, 1.82) is 0 Å². The predicted molar refractivity (Wildman–Crippen MR) is 128 cm³/mol. The van der Waals surface area contributed by atoms with Crippen LogP contribution in [0.2, 0.25) is 19.6 Å². The third-order valence-electron chi connectivity index (χ3n) is 6.56. The van der Waals surface area contributed by atoms with Crippen molar-refractivity contribution >= 4 is 18.9 Å². The fourth-order valence-electron chi connectivity index (χ4n) is 4.57. The van der Waals surface area contributed by atoms with E-state index in [1.165, 1.54) is 16.8 Å². The molecule has 0 aromatic heterocycles. The standard InChI is InChI=1S/C25H36N2O2Si/c1-28-22-7-5-21(6-8-22)27-16-14-26(15-17-27)13-11-25-24-10-9-23(30(2,3)4)19-20(24)12-18-29-25/h5-10,19,25H,11-18H2,1-4H3. The van der Waals surface area contributed by atoms with Crippen molar-refractivity contribution in [3.63, 3.8) is 0 Å². The lowest BCUT2D eigenvalue weighted by molar-refractivity contribution is 0.0289. The average molecular weight is 425 g/mol. The summed E-state index contributed by atoms with van der Waals surface area (Å²) in [6.07, 6.45) is 2.40. The molecule has 2 aromatic rings. The first-order valence-electron chi connectivity index (χ1n) is 11.3. The Balaban J connectivity index is 1.31. The first-order chi connectivity index (χ1) is 14.4. The van der Waals surface area contributed by atoms with Crippen molar-refractivity contribution in [1.82, 2.24) is 4.90 Å². The Kier molecular flexibility index (Phi) is 6.51. The molecule has 1 atom stereocenters. The fraction of sp³-hybridized carbons (Fsp3) is 0.520. The number of ether oxygens (including phenoxy) is 2. The topological polar surface area (TPSA) is 24.9 Å². The van der Waals surface area contributed by atoms with Gasteiger partial charge in [0, 0.05) is 38.4 Å². The number of nitrogens with zero attached hydrogens (tertiary/aromatic N) is 2. The van der Waals surface area contributed by atoms with Gasteiger partial charge in [-0.25, -0.2) is 0 Å². The van der Waals surface area contributed by atoms with Gasteiger partial charge in [0.15, 0.2) is 0 Å². The van der Waals surface area contributed by atoms with Crippen LogP contribution in [0.3, 0.4) is 0 Å². The minimum Gasteiger partial charge on any atom is -0.497 e. The van der Waals surface area contributed by atoms with Crippen molar-refractivity contribution in [3.8, 4) is 5.75 Å². The van der Waals surface area contributed by atoms with Gasteiger partial charge in [-0.2, -0.15) is 0 Å². The number of hydrogen-bond acceptors (Lipinski definition) is 4. The molecule has 2 aliphatic heterocycles. The molecule has 1 fully saturated rings. The summed E-state index contributed by atoms with van der Waals surface area (Å²) >= 11 is 0. The van der Waals surface area contributed by atoms with E-state index in [2.05, 4.69) is 59.8 Å². The molecular weight excluding hydrogens is 388 g/mol. The van der Waals surface area contributed by atoms with Crippen LogP contribution >= 0.6 is 0 Å². The highest BCUT2D eigenvalue weighted by Gasteiger charge is 2.25. The maximum atomic E-state index is 6.20. The molecule has 5 heteroatoms. The minimum absolute atomic E-state index is 0.254. The Morgan fingerprint density at radius 3 is 2.40 bits per heavy atom. The number of methoxy groups -OCH3 is 1. The number of benzene rings is 2. The van der Waals surface area contributed by atoms with E-state index in [1.807, 2.05) is 12.1 Å². The maximum Gasteiger partial charge on any atom is 0.119 e. The molecule has 1 unspecified atom stereocenters. The molecule has 0 N–H and O–H groups in total. The van der Waals surface area contributed by atoms with Crippen LogP contribution in [0, 0.1) is 0 Å². The van der Waals surface area contributed by atoms with E-state index in [0.717, 1.165) is 57.9 Å². The van der Waals surface area contributed by atoms with E-state index in [9.17, 15) is 0 Å². The third kappa shape index (κ3) is 4.90. The number of fused-ring (bicyclic) bond motifs is 1. The van der Waals surface area contributed by atoms with Crippen LogP contribution in [0.5, 0.6) is 5.75 Å². The van der Waals surface area contributed by atoms with Gasteiger partial charge in [0.25, 0.3) is 0 Å². The van der Waals surface area contributed by atoms with Gasteiger partial charge in [0.05, 0.1) is 27.9 Å². The van der Waals surface area contributed by atoms with E-state index in [1.54, 1.807) is 12.3 Å². The average Bonchev–Trinajstić information content (AvgIpc) is 2.77. The number of rotatable bonds is 6. The molecule has 0 bridgehead atoms. The van der Waals surface area contributed by atoms with Crippen molar-refractivity contribution in [3.05, 3.63) is 53.6 Å². The summed E-state index contributed by atoms with van der Waals surface area (Å²) in [6.45, 7) is 13.6. The summed E-state index contributed by atoms with van der Waals surface area (Å²) in [5, 5.41) is 1.57. The molecule has 0 saturated carbocycles. The summed E-state index contributed by atoms with van der Waals surface area (Å²) in [5.74, 6) is 0.919. The molecule has 4 nitrogen and oxygen atoms in total. The van der Waals surface area contributed by atoms with E-state index < -0.39 is 8.07 Å². The molecule has 0 amide bonds. The molecule has 2 aromatic carbocycles. The third-order valence-corrected chi connectivity index (χ3v) is 8.61. The van der Waals surface area contributed by atoms with Crippen LogP contribution in [0.4, 0.5) is 5.69 Å². The van der Waals surface area contributed by atoms with Gasteiger partial charge in [0.2, 0.25) is 0 Å². The number of anilines is 1. The first-order valence-corrected chi connectivity index (χ1v) is 14.8. The molecule has 162 valence electrons. The second-order valence-electron chi connectivity index (χ2n) is 9.59. The van der Waals surface area contributed by atoms with Gasteiger partial charge in [-0.1, -0.05) is 43.0 Å². The highest BCUT2D eigenvalue weighted by Crippen LogP contribution is 2.30. The Labute approximate surface area is 182 Å². The zero-order valence-electron chi connectivity index (χ0n) is 19.0. The van der Waals surface area contributed by atoms with Crippen molar-refractivity contribution in [2.45, 2.75) is 38.6 Å². The second kappa shape index (κ2) is 9.12. The fourth-order valence-corrected chi connectivity index (χ4v) is 5.76. The van der Waals surface area contributed by atoms with Gasteiger partial charge in [0.1, 0.15) is 5.75 Å². The van der Waals surface area contributed by atoms with Crippen LogP contribution in [-0.4, -0.2) is 59.4 Å². The van der Waals surface area contributed by atoms with Gasteiger partial charge < -0.3 is 14.4 Å². The number of piperazine rings is 1. The lowest BCUT2D eigenvalue weighted by Crippen LogP contribution is -2.47. The van der Waals surface area contributed by atoms with E-state index in [-0.39, 0.29) is 6.10 Å². The molecule has 0 aliphatic carbocycles. The largest absolute Gasteiger partial charge is 0.497 e. The monoisotopic (exact) mass is 424 g/mol. The molecule has 30 heavy (non-hydrogen) atoms. The Bertz CT molecular complexity index is 839. The summed E-state index contributed by atoms with van der Waals surface area (Å²) in [4.78, 5) is 5.06. The molecular formula is C25H36N2O2Si. The first kappa shape index (κ1) is 21.4. The zero-order chi connectivity index (χ0) is 21.1. The highest BCUT2D eigenvalue weighted by atomic mass is 28.3. The second-order valence-corrected chi connectivity index (χ2v) is 14.7. The van der Waals surface area contributed by atoms with Crippen LogP contribution in [0.1, 0.15) is 23.7 Å². The van der Waals surface area contributed by atoms with Gasteiger partial charge in [-0.3, -0.25) is 4.90 Å². The van der Waals surface area contributed by atoms with Crippen LogP contribution < -0.4 is 14.8 Å². The smallest absolute Gasteiger partial charge is 0.119 e. The molecule has 0 radical (unpaired) electrons. The SMILES string of the molecule is COc1ccc(N2CCN(CCC3OCCc4cc([Si](C)(C)C)ccc43)CC2)cc1. The van der Waals surface area contributed by atoms with Gasteiger partial charge in [-0.05, 0) is 48.2 Å². The Hall–Kier alpha value is -1.82. The van der Waals surface area contributed by atoms with Gasteiger partial charge >= 0.3 is 0 Å². The molecule has 2 aliphatic rings. The molecule has 0 spiro atoms. The number of hydrogen-bond donors (Lipinski definition) is 0. The highest BCUT2D eigenvalue weighted by molar-refractivity contribution is 6.88. The summed E-state index contributed by atoms with van der Waals surface area (Å²) in [5.41, 5.74) is 4.24. The summed E-state index contributed by atoms with van der Waals surface area (Å²) in [7, 11) is 0.455. The van der Waals surface area contributed by atoms with Crippen molar-refractivity contribution in [2.24, 2.45) is 0 Å². The predicted octanol–water partition coefficient (Wildman–Crippen LogP) is 4.07.